The van der Waals surface area contributed by atoms with Crippen molar-refractivity contribution in [2.75, 3.05) is 5.32 Å². The Hall–Kier alpha value is -2.97. The first-order valence-electron chi connectivity index (χ1n) is 9.17. The largest absolute Gasteiger partial charge is 0.324 e. The molecule has 0 radical (unpaired) electrons. The maximum absolute atomic E-state index is 14.2. The molecule has 1 atom stereocenters. The third-order valence-electron chi connectivity index (χ3n) is 4.50. The average molecular weight is 415 g/mol. The van der Waals surface area contributed by atoms with E-state index in [0.29, 0.717) is 12.1 Å². The van der Waals surface area contributed by atoms with Crippen molar-refractivity contribution in [1.82, 2.24) is 9.29 Å². The lowest BCUT2D eigenvalue weighted by Crippen LogP contribution is -2.32. The van der Waals surface area contributed by atoms with E-state index in [-0.39, 0.29) is 22.2 Å². The Morgan fingerprint density at radius 3 is 2.38 bits per heavy atom. The van der Waals surface area contributed by atoms with Crippen LogP contribution >= 0.6 is 0 Å². The molecule has 1 unspecified atom stereocenters. The van der Waals surface area contributed by atoms with Crippen LogP contribution in [0.25, 0.3) is 5.69 Å². The number of halogens is 1. The van der Waals surface area contributed by atoms with E-state index >= 15 is 0 Å². The van der Waals surface area contributed by atoms with Gasteiger partial charge in [0.15, 0.2) is 0 Å². The minimum atomic E-state index is -3.65. The smallest absolute Gasteiger partial charge is 0.255 e. The lowest BCUT2D eigenvalue weighted by atomic mass is 10.2. The van der Waals surface area contributed by atoms with E-state index in [9.17, 15) is 17.6 Å². The molecule has 152 valence electrons. The Kier molecular flexibility index (Phi) is 6.14. The van der Waals surface area contributed by atoms with Crippen LogP contribution in [-0.4, -0.2) is 24.9 Å². The third-order valence-corrected chi connectivity index (χ3v) is 6.10. The maximum Gasteiger partial charge on any atom is 0.255 e. The topological polar surface area (TPSA) is 80.2 Å². The van der Waals surface area contributed by atoms with Gasteiger partial charge in [-0.15, -0.1) is 0 Å². The first-order chi connectivity index (χ1) is 13.8. The fourth-order valence-electron chi connectivity index (χ4n) is 2.67. The molecule has 0 fully saturated rings. The van der Waals surface area contributed by atoms with Crippen LogP contribution in [0.3, 0.4) is 0 Å². The third kappa shape index (κ3) is 4.90. The highest BCUT2D eigenvalue weighted by Gasteiger charge is 2.17. The molecular weight excluding hydrogens is 393 g/mol. The van der Waals surface area contributed by atoms with E-state index in [0.717, 1.165) is 0 Å². The number of carbonyl (C=O) groups excluding carboxylic acids is 1. The Labute approximate surface area is 169 Å². The summed E-state index contributed by atoms with van der Waals surface area (Å²) in [6.45, 7) is 3.65. The van der Waals surface area contributed by atoms with Crippen LogP contribution in [0.1, 0.15) is 30.6 Å². The molecule has 3 aromatic rings. The molecule has 0 saturated carbocycles. The molecule has 3 rings (SSSR count). The summed E-state index contributed by atoms with van der Waals surface area (Å²) in [5.41, 5.74) is 0.957. The second kappa shape index (κ2) is 8.59. The lowest BCUT2D eigenvalue weighted by Gasteiger charge is -2.13. The van der Waals surface area contributed by atoms with Crippen LogP contribution in [-0.2, 0) is 10.0 Å². The van der Waals surface area contributed by atoms with Gasteiger partial charge in [-0.05, 0) is 67.9 Å². The van der Waals surface area contributed by atoms with E-state index in [4.69, 9.17) is 0 Å². The van der Waals surface area contributed by atoms with Crippen molar-refractivity contribution in [3.8, 4) is 5.69 Å². The molecule has 0 spiro atoms. The number of amides is 1. The number of nitrogens with one attached hydrogen (secondary N) is 2. The first-order valence-corrected chi connectivity index (χ1v) is 10.6. The van der Waals surface area contributed by atoms with Crippen molar-refractivity contribution >= 4 is 21.6 Å². The summed E-state index contributed by atoms with van der Waals surface area (Å²) in [6.07, 6.45) is 4.28. The molecule has 29 heavy (non-hydrogen) atoms. The SMILES string of the molecule is CCC(C)NS(=O)(=O)c1ccc(C(=O)Nc2cc(-n3cccc3)ccc2F)cc1. The molecule has 0 aliphatic carbocycles. The summed E-state index contributed by atoms with van der Waals surface area (Å²) in [5.74, 6) is -1.10. The quantitative estimate of drug-likeness (QED) is 0.613. The van der Waals surface area contributed by atoms with Crippen molar-refractivity contribution in [2.45, 2.75) is 31.2 Å². The zero-order valence-corrected chi connectivity index (χ0v) is 16.9. The minimum absolute atomic E-state index is 0.0383. The van der Waals surface area contributed by atoms with Gasteiger partial charge in [0.1, 0.15) is 5.82 Å². The van der Waals surface area contributed by atoms with Crippen molar-refractivity contribution in [3.63, 3.8) is 0 Å². The molecule has 2 aromatic carbocycles. The van der Waals surface area contributed by atoms with Crippen molar-refractivity contribution in [2.24, 2.45) is 0 Å². The number of sulfonamides is 1. The molecule has 6 nitrogen and oxygen atoms in total. The summed E-state index contributed by atoms with van der Waals surface area (Å²) >= 11 is 0. The van der Waals surface area contributed by atoms with Crippen LogP contribution in [0, 0.1) is 5.82 Å². The van der Waals surface area contributed by atoms with Gasteiger partial charge in [0, 0.05) is 29.7 Å². The van der Waals surface area contributed by atoms with Crippen LogP contribution in [0.2, 0.25) is 0 Å². The van der Waals surface area contributed by atoms with Crippen molar-refractivity contribution in [3.05, 3.63) is 78.4 Å². The predicted molar refractivity (Wildman–Crippen MR) is 110 cm³/mol. The molecule has 8 heteroatoms. The summed E-state index contributed by atoms with van der Waals surface area (Å²) in [6, 6.07) is 13.4. The van der Waals surface area contributed by atoms with Crippen LogP contribution < -0.4 is 10.0 Å². The van der Waals surface area contributed by atoms with E-state index in [1.165, 1.54) is 36.4 Å². The van der Waals surface area contributed by atoms with Crippen molar-refractivity contribution < 1.29 is 17.6 Å². The summed E-state index contributed by atoms with van der Waals surface area (Å²) in [7, 11) is -3.65. The van der Waals surface area contributed by atoms with Gasteiger partial charge in [0.2, 0.25) is 10.0 Å². The Morgan fingerprint density at radius 2 is 1.76 bits per heavy atom. The number of carbonyl (C=O) groups is 1. The highest BCUT2D eigenvalue weighted by molar-refractivity contribution is 7.89. The number of hydrogen-bond acceptors (Lipinski definition) is 3. The Bertz CT molecular complexity index is 1090. The van der Waals surface area contributed by atoms with E-state index in [1.54, 1.807) is 17.6 Å². The number of nitrogens with zero attached hydrogens (tertiary/aromatic N) is 1. The standard InChI is InChI=1S/C21H22FN3O3S/c1-3-15(2)24-29(27,28)18-9-6-16(7-10-18)21(26)23-20-14-17(8-11-19(20)22)25-12-4-5-13-25/h4-15,24H,3H2,1-2H3,(H,23,26). The van der Waals surface area contributed by atoms with Gasteiger partial charge in [0.25, 0.3) is 5.91 Å². The van der Waals surface area contributed by atoms with Gasteiger partial charge in [-0.2, -0.15) is 0 Å². The number of benzene rings is 2. The van der Waals surface area contributed by atoms with Crippen molar-refractivity contribution in [1.29, 1.82) is 0 Å². The van der Waals surface area contributed by atoms with Gasteiger partial charge in [-0.25, -0.2) is 17.5 Å². The molecule has 1 aromatic heterocycles. The zero-order valence-electron chi connectivity index (χ0n) is 16.1. The number of aromatic nitrogens is 1. The zero-order chi connectivity index (χ0) is 21.0. The second-order valence-corrected chi connectivity index (χ2v) is 8.38. The molecule has 1 heterocycles. The molecular formula is C21H22FN3O3S. The summed E-state index contributed by atoms with van der Waals surface area (Å²) < 4.78 is 43.1. The van der Waals surface area contributed by atoms with Crippen LogP contribution in [0.5, 0.6) is 0 Å². The fourth-order valence-corrected chi connectivity index (χ4v) is 4.00. The molecule has 0 saturated heterocycles. The van der Waals surface area contributed by atoms with Crippen LogP contribution in [0.15, 0.2) is 71.9 Å². The maximum atomic E-state index is 14.2. The number of rotatable bonds is 7. The molecule has 0 aliphatic rings. The highest BCUT2D eigenvalue weighted by atomic mass is 32.2. The van der Waals surface area contributed by atoms with E-state index in [1.807, 2.05) is 31.5 Å². The predicted octanol–water partition coefficient (Wildman–Crippen LogP) is 3.95. The van der Waals surface area contributed by atoms with E-state index < -0.39 is 21.7 Å². The molecule has 1 amide bonds. The van der Waals surface area contributed by atoms with Gasteiger partial charge in [-0.3, -0.25) is 4.79 Å². The van der Waals surface area contributed by atoms with Crippen LogP contribution in [0.4, 0.5) is 10.1 Å². The normalized spacial score (nSPS) is 12.5. The summed E-state index contributed by atoms with van der Waals surface area (Å²) in [4.78, 5) is 12.6. The van der Waals surface area contributed by atoms with E-state index in [2.05, 4.69) is 10.0 Å². The minimum Gasteiger partial charge on any atom is -0.324 e. The number of anilines is 1. The molecule has 2 N–H and O–H groups in total. The molecule has 0 aliphatic heterocycles. The fraction of sp³-hybridized carbons (Fsp3) is 0.190. The van der Waals surface area contributed by atoms with Gasteiger partial charge in [0.05, 0.1) is 10.6 Å². The van der Waals surface area contributed by atoms with Gasteiger partial charge in [-0.1, -0.05) is 6.92 Å². The second-order valence-electron chi connectivity index (χ2n) is 6.66. The number of hydrogen-bond donors (Lipinski definition) is 2. The monoisotopic (exact) mass is 415 g/mol. The van der Waals surface area contributed by atoms with Gasteiger partial charge >= 0.3 is 0 Å². The summed E-state index contributed by atoms with van der Waals surface area (Å²) in [5, 5.41) is 2.54. The van der Waals surface area contributed by atoms with Gasteiger partial charge < -0.3 is 9.88 Å². The Morgan fingerprint density at radius 1 is 1.10 bits per heavy atom. The average Bonchev–Trinajstić information content (AvgIpc) is 3.24. The molecule has 0 bridgehead atoms. The Balaban J connectivity index is 1.77. The highest BCUT2D eigenvalue weighted by Crippen LogP contribution is 2.20. The first kappa shape index (κ1) is 20.8. The lowest BCUT2D eigenvalue weighted by molar-refractivity contribution is 0.102.